The first kappa shape index (κ1) is 12.9. The summed E-state index contributed by atoms with van der Waals surface area (Å²) in [5, 5.41) is 15.2. The Balaban J connectivity index is 2.02. The molecule has 2 N–H and O–H groups in total. The fourth-order valence-corrected chi connectivity index (χ4v) is 2.23. The van der Waals surface area contributed by atoms with E-state index in [1.807, 2.05) is 6.07 Å². The summed E-state index contributed by atoms with van der Waals surface area (Å²) in [6.07, 6.45) is 1.93. The average Bonchev–Trinajstić information content (AvgIpc) is 2.40. The van der Waals surface area contributed by atoms with Crippen molar-refractivity contribution in [3.63, 3.8) is 0 Å². The van der Waals surface area contributed by atoms with Crippen LogP contribution in [-0.4, -0.2) is 19.0 Å². The molecule has 1 fully saturated rings. The van der Waals surface area contributed by atoms with Gasteiger partial charge >= 0.3 is 0 Å². The Kier molecular flexibility index (Phi) is 4.19. The first-order chi connectivity index (χ1) is 8.70. The molecule has 1 aromatic carbocycles. The van der Waals surface area contributed by atoms with Gasteiger partial charge in [-0.15, -0.1) is 0 Å². The Bertz CT molecular complexity index is 489. The summed E-state index contributed by atoms with van der Waals surface area (Å²) >= 11 is 5.91. The van der Waals surface area contributed by atoms with Gasteiger partial charge in [0.15, 0.2) is 0 Å². The normalized spacial score (nSPS) is 19.0. The van der Waals surface area contributed by atoms with Crippen molar-refractivity contribution in [2.75, 3.05) is 18.4 Å². The van der Waals surface area contributed by atoms with E-state index in [4.69, 9.17) is 16.9 Å². The van der Waals surface area contributed by atoms with E-state index in [1.165, 1.54) is 0 Å². The Morgan fingerprint density at radius 1 is 1.56 bits per heavy atom. The second-order valence-corrected chi connectivity index (χ2v) is 4.75. The van der Waals surface area contributed by atoms with E-state index in [-0.39, 0.29) is 11.8 Å². The number of benzene rings is 1. The molecule has 0 aromatic heterocycles. The SMILES string of the molecule is N#Cc1ccc(NC(=O)[C@H]2CCCNC2)cc1Cl. The van der Waals surface area contributed by atoms with Crippen molar-refractivity contribution in [2.24, 2.45) is 5.92 Å². The number of piperidine rings is 1. The predicted molar refractivity (Wildman–Crippen MR) is 70.4 cm³/mol. The third kappa shape index (κ3) is 3.00. The van der Waals surface area contributed by atoms with E-state index in [0.29, 0.717) is 16.3 Å². The molecule has 0 saturated carbocycles. The number of nitrogens with zero attached hydrogens (tertiary/aromatic N) is 1. The van der Waals surface area contributed by atoms with Crippen LogP contribution in [0.25, 0.3) is 0 Å². The van der Waals surface area contributed by atoms with Crippen molar-refractivity contribution < 1.29 is 4.79 Å². The number of nitrogens with one attached hydrogen (secondary N) is 2. The summed E-state index contributed by atoms with van der Waals surface area (Å²) in [6.45, 7) is 1.70. The lowest BCUT2D eigenvalue weighted by Gasteiger charge is -2.21. The van der Waals surface area contributed by atoms with Gasteiger partial charge in [0.25, 0.3) is 0 Å². The van der Waals surface area contributed by atoms with Gasteiger partial charge in [0.1, 0.15) is 6.07 Å². The average molecular weight is 264 g/mol. The van der Waals surface area contributed by atoms with E-state index >= 15 is 0 Å². The fourth-order valence-electron chi connectivity index (χ4n) is 2.00. The van der Waals surface area contributed by atoms with Gasteiger partial charge in [-0.25, -0.2) is 0 Å². The highest BCUT2D eigenvalue weighted by Gasteiger charge is 2.20. The highest BCUT2D eigenvalue weighted by Crippen LogP contribution is 2.21. The molecule has 4 nitrogen and oxygen atoms in total. The third-order valence-electron chi connectivity index (χ3n) is 3.02. The van der Waals surface area contributed by atoms with Crippen LogP contribution in [0.2, 0.25) is 5.02 Å². The second-order valence-electron chi connectivity index (χ2n) is 4.34. The van der Waals surface area contributed by atoms with Crippen molar-refractivity contribution in [2.45, 2.75) is 12.8 Å². The smallest absolute Gasteiger partial charge is 0.228 e. The molecular formula is C13H14ClN3O. The lowest BCUT2D eigenvalue weighted by Crippen LogP contribution is -2.37. The van der Waals surface area contributed by atoms with E-state index in [9.17, 15) is 4.79 Å². The van der Waals surface area contributed by atoms with E-state index in [1.54, 1.807) is 18.2 Å². The number of carbonyl (C=O) groups excluding carboxylic acids is 1. The Morgan fingerprint density at radius 2 is 2.39 bits per heavy atom. The summed E-state index contributed by atoms with van der Waals surface area (Å²) in [7, 11) is 0. The van der Waals surface area contributed by atoms with E-state index < -0.39 is 0 Å². The van der Waals surface area contributed by atoms with Gasteiger partial charge in [-0.3, -0.25) is 4.79 Å². The largest absolute Gasteiger partial charge is 0.326 e. The fraction of sp³-hybridized carbons (Fsp3) is 0.385. The Morgan fingerprint density at radius 3 is 3.00 bits per heavy atom. The molecule has 1 aliphatic heterocycles. The van der Waals surface area contributed by atoms with E-state index in [2.05, 4.69) is 10.6 Å². The molecule has 5 heteroatoms. The number of carbonyl (C=O) groups is 1. The summed E-state index contributed by atoms with van der Waals surface area (Å²) in [5.74, 6) is 0.0103. The first-order valence-corrected chi connectivity index (χ1v) is 6.29. The van der Waals surface area contributed by atoms with Gasteiger partial charge in [0.05, 0.1) is 16.5 Å². The molecular weight excluding hydrogens is 250 g/mol. The molecule has 0 aliphatic carbocycles. The van der Waals surface area contributed by atoms with Crippen LogP contribution >= 0.6 is 11.6 Å². The lowest BCUT2D eigenvalue weighted by atomic mass is 9.99. The number of halogens is 1. The zero-order valence-corrected chi connectivity index (χ0v) is 10.6. The monoisotopic (exact) mass is 263 g/mol. The second kappa shape index (κ2) is 5.85. The van der Waals surface area contributed by atoms with Crippen molar-refractivity contribution >= 4 is 23.2 Å². The number of rotatable bonds is 2. The van der Waals surface area contributed by atoms with Crippen LogP contribution in [0.5, 0.6) is 0 Å². The molecule has 1 amide bonds. The molecule has 2 rings (SSSR count). The minimum Gasteiger partial charge on any atom is -0.326 e. The molecule has 1 heterocycles. The molecule has 0 radical (unpaired) electrons. The summed E-state index contributed by atoms with van der Waals surface area (Å²) in [5.41, 5.74) is 1.04. The molecule has 94 valence electrons. The van der Waals surface area contributed by atoms with Crippen LogP contribution in [0, 0.1) is 17.2 Å². The summed E-state index contributed by atoms with van der Waals surface area (Å²) in [4.78, 5) is 12.0. The molecule has 18 heavy (non-hydrogen) atoms. The standard InChI is InChI=1S/C13H14ClN3O/c14-12-6-11(4-3-9(12)7-15)17-13(18)10-2-1-5-16-8-10/h3-4,6,10,16H,1-2,5,8H2,(H,17,18)/t10-/m0/s1. The van der Waals surface area contributed by atoms with Gasteiger partial charge in [-0.2, -0.15) is 5.26 Å². The lowest BCUT2D eigenvalue weighted by molar-refractivity contribution is -0.120. The molecule has 0 spiro atoms. The Labute approximate surface area is 111 Å². The van der Waals surface area contributed by atoms with Crippen LogP contribution < -0.4 is 10.6 Å². The quantitative estimate of drug-likeness (QED) is 0.859. The summed E-state index contributed by atoms with van der Waals surface area (Å²) in [6, 6.07) is 6.89. The molecule has 1 aliphatic rings. The van der Waals surface area contributed by atoms with Crippen LogP contribution in [0.4, 0.5) is 5.69 Å². The van der Waals surface area contributed by atoms with Crippen LogP contribution in [0.15, 0.2) is 18.2 Å². The maximum atomic E-state index is 12.0. The third-order valence-corrected chi connectivity index (χ3v) is 3.34. The molecule has 0 bridgehead atoms. The van der Waals surface area contributed by atoms with Gasteiger partial charge in [-0.05, 0) is 37.6 Å². The number of hydrogen-bond acceptors (Lipinski definition) is 3. The maximum Gasteiger partial charge on any atom is 0.228 e. The number of amides is 1. The molecule has 1 atom stereocenters. The maximum absolute atomic E-state index is 12.0. The number of hydrogen-bond donors (Lipinski definition) is 2. The van der Waals surface area contributed by atoms with Crippen LogP contribution in [-0.2, 0) is 4.79 Å². The van der Waals surface area contributed by atoms with Crippen molar-refractivity contribution in [1.82, 2.24) is 5.32 Å². The van der Waals surface area contributed by atoms with Gasteiger partial charge in [-0.1, -0.05) is 11.6 Å². The van der Waals surface area contributed by atoms with Gasteiger partial charge in [0.2, 0.25) is 5.91 Å². The first-order valence-electron chi connectivity index (χ1n) is 5.92. The zero-order chi connectivity index (χ0) is 13.0. The topological polar surface area (TPSA) is 64.9 Å². The van der Waals surface area contributed by atoms with Gasteiger partial charge in [0, 0.05) is 12.2 Å². The molecule has 1 saturated heterocycles. The van der Waals surface area contributed by atoms with Crippen molar-refractivity contribution in [3.8, 4) is 6.07 Å². The van der Waals surface area contributed by atoms with E-state index in [0.717, 1.165) is 25.9 Å². The number of nitriles is 1. The zero-order valence-electron chi connectivity index (χ0n) is 9.87. The van der Waals surface area contributed by atoms with Crippen molar-refractivity contribution in [1.29, 1.82) is 5.26 Å². The minimum absolute atomic E-state index is 0.00275. The van der Waals surface area contributed by atoms with Crippen LogP contribution in [0.3, 0.4) is 0 Å². The van der Waals surface area contributed by atoms with Crippen molar-refractivity contribution in [3.05, 3.63) is 28.8 Å². The highest BCUT2D eigenvalue weighted by atomic mass is 35.5. The minimum atomic E-state index is 0.00275. The molecule has 0 unspecified atom stereocenters. The van der Waals surface area contributed by atoms with Crippen LogP contribution in [0.1, 0.15) is 18.4 Å². The number of anilines is 1. The Hall–Kier alpha value is -1.57. The predicted octanol–water partition coefficient (Wildman–Crippen LogP) is 2.15. The van der Waals surface area contributed by atoms with Gasteiger partial charge < -0.3 is 10.6 Å². The highest BCUT2D eigenvalue weighted by molar-refractivity contribution is 6.32. The molecule has 1 aromatic rings. The summed E-state index contributed by atoms with van der Waals surface area (Å²) < 4.78 is 0.